The minimum absolute atomic E-state index is 0.205. The lowest BCUT2D eigenvalue weighted by Crippen LogP contribution is -2.56. The molecule has 4 nitrogen and oxygen atoms in total. The van der Waals surface area contributed by atoms with Crippen molar-refractivity contribution in [1.29, 1.82) is 5.26 Å². The highest BCUT2D eigenvalue weighted by Crippen LogP contribution is 2.66. The number of benzene rings is 6. The molecule has 4 heteroatoms. The van der Waals surface area contributed by atoms with Gasteiger partial charge >= 0.3 is 0 Å². The van der Waals surface area contributed by atoms with Crippen molar-refractivity contribution in [3.8, 4) is 62.5 Å². The maximum atomic E-state index is 9.31. The molecule has 4 saturated carbocycles. The molecule has 6 aromatic carbocycles. The molecule has 1 aromatic heterocycles. The van der Waals surface area contributed by atoms with E-state index >= 15 is 0 Å². The molecular weight excluding hydrogens is 693 g/mol. The molecule has 4 aliphatic carbocycles. The zero-order valence-electron chi connectivity index (χ0n) is 33.0. The van der Waals surface area contributed by atoms with Gasteiger partial charge in [0.05, 0.1) is 11.6 Å². The van der Waals surface area contributed by atoms with Gasteiger partial charge in [0.1, 0.15) is 0 Å². The second-order valence-electron chi connectivity index (χ2n) is 17.3. The molecule has 0 amide bonds. The van der Waals surface area contributed by atoms with Gasteiger partial charge in [-0.2, -0.15) is 5.26 Å². The van der Waals surface area contributed by atoms with E-state index in [1.165, 1.54) is 88.6 Å². The Balaban J connectivity index is 0.987. The fourth-order valence-electron chi connectivity index (χ4n) is 11.4. The number of hydrogen-bond donors (Lipinski definition) is 0. The van der Waals surface area contributed by atoms with E-state index in [1.807, 2.05) is 48.5 Å². The lowest BCUT2D eigenvalue weighted by molar-refractivity contribution is -0.0281. The van der Waals surface area contributed by atoms with Crippen LogP contribution >= 0.6 is 0 Å². The molecule has 0 saturated heterocycles. The van der Waals surface area contributed by atoms with Crippen LogP contribution in [0.3, 0.4) is 0 Å². The van der Waals surface area contributed by atoms with Crippen molar-refractivity contribution in [2.24, 2.45) is 11.8 Å². The van der Waals surface area contributed by atoms with Crippen molar-refractivity contribution in [3.05, 3.63) is 173 Å². The predicted octanol–water partition coefficient (Wildman–Crippen LogP) is 12.8. The second-order valence-corrected chi connectivity index (χ2v) is 17.3. The molecule has 4 aliphatic rings. The van der Waals surface area contributed by atoms with E-state index in [9.17, 15) is 5.26 Å². The van der Waals surface area contributed by atoms with Crippen molar-refractivity contribution in [2.75, 3.05) is 0 Å². The van der Waals surface area contributed by atoms with Crippen LogP contribution in [0, 0.1) is 43.9 Å². The van der Waals surface area contributed by atoms with Crippen LogP contribution in [0.15, 0.2) is 140 Å². The lowest BCUT2D eigenvalue weighted by atomic mass is 9.41. The smallest absolute Gasteiger partial charge is 0.164 e. The Morgan fingerprint density at radius 3 is 1.53 bits per heavy atom. The molecule has 2 atom stereocenters. The molecular formula is C53H46N4. The molecule has 0 N–H and O–H groups in total. The largest absolute Gasteiger partial charge is 0.208 e. The van der Waals surface area contributed by atoms with Gasteiger partial charge in [0.2, 0.25) is 0 Å². The highest BCUT2D eigenvalue weighted by Gasteiger charge is 2.58. The predicted molar refractivity (Wildman–Crippen MR) is 230 cm³/mol. The van der Waals surface area contributed by atoms with Crippen LogP contribution in [-0.2, 0) is 10.8 Å². The number of nitrogens with zero attached hydrogens (tertiary/aromatic N) is 4. The molecule has 0 aliphatic heterocycles. The van der Waals surface area contributed by atoms with Gasteiger partial charge in [0.15, 0.2) is 17.5 Å². The lowest BCUT2D eigenvalue weighted by Gasteiger charge is -2.63. The summed E-state index contributed by atoms with van der Waals surface area (Å²) >= 11 is 0. The number of hydrogen-bond acceptors (Lipinski definition) is 4. The van der Waals surface area contributed by atoms with E-state index in [1.54, 1.807) is 0 Å². The summed E-state index contributed by atoms with van der Waals surface area (Å²) < 4.78 is 0. The highest BCUT2D eigenvalue weighted by atomic mass is 15.0. The molecule has 57 heavy (non-hydrogen) atoms. The average Bonchev–Trinajstić information content (AvgIpc) is 3.24. The Labute approximate surface area is 336 Å². The van der Waals surface area contributed by atoms with E-state index in [4.69, 9.17) is 15.0 Å². The van der Waals surface area contributed by atoms with E-state index < -0.39 is 0 Å². The minimum Gasteiger partial charge on any atom is -0.208 e. The minimum atomic E-state index is 0.205. The van der Waals surface area contributed by atoms with Crippen LogP contribution < -0.4 is 0 Å². The first-order valence-corrected chi connectivity index (χ1v) is 20.5. The number of aromatic nitrogens is 3. The average molecular weight is 739 g/mol. The zero-order valence-corrected chi connectivity index (χ0v) is 33.0. The first-order valence-electron chi connectivity index (χ1n) is 20.5. The second kappa shape index (κ2) is 13.8. The molecule has 0 spiro atoms. The fourth-order valence-corrected chi connectivity index (χ4v) is 11.4. The van der Waals surface area contributed by atoms with Crippen molar-refractivity contribution < 1.29 is 0 Å². The van der Waals surface area contributed by atoms with Gasteiger partial charge in [0, 0.05) is 16.7 Å². The Morgan fingerprint density at radius 1 is 0.491 bits per heavy atom. The third-order valence-electron chi connectivity index (χ3n) is 13.6. The maximum absolute atomic E-state index is 9.31. The summed E-state index contributed by atoms with van der Waals surface area (Å²) in [5, 5.41) is 9.31. The van der Waals surface area contributed by atoms with Crippen molar-refractivity contribution in [3.63, 3.8) is 0 Å². The Bertz CT molecular complexity index is 2620. The van der Waals surface area contributed by atoms with Crippen LogP contribution in [0.5, 0.6) is 0 Å². The van der Waals surface area contributed by atoms with E-state index in [0.717, 1.165) is 28.5 Å². The SMILES string of the molecule is Cc1cc(C23CC4CC(C2)CC(c2ccc(-c5cccc(-c6nc(-c7ccccc7)nc(-c7ccccc7)n6)c5C)c(C)c2)(C4)C3)ccc1-c1ccc(C#N)cc1. The van der Waals surface area contributed by atoms with E-state index in [2.05, 4.69) is 118 Å². The third-order valence-corrected chi connectivity index (χ3v) is 13.6. The molecule has 4 fully saturated rings. The number of nitriles is 1. The molecule has 7 aromatic rings. The van der Waals surface area contributed by atoms with E-state index in [0.29, 0.717) is 23.0 Å². The van der Waals surface area contributed by atoms with Gasteiger partial charge in [0.25, 0.3) is 0 Å². The summed E-state index contributed by atoms with van der Waals surface area (Å²) in [6.07, 6.45) is 7.81. The molecule has 278 valence electrons. The highest BCUT2D eigenvalue weighted by molar-refractivity contribution is 5.79. The Morgan fingerprint density at radius 2 is 1.00 bits per heavy atom. The summed E-state index contributed by atoms with van der Waals surface area (Å²) in [6, 6.07) is 51.9. The maximum Gasteiger partial charge on any atom is 0.164 e. The summed E-state index contributed by atoms with van der Waals surface area (Å²) in [6.45, 7) is 6.78. The number of rotatable bonds is 7. The van der Waals surface area contributed by atoms with Gasteiger partial charge in [-0.15, -0.1) is 0 Å². The quantitative estimate of drug-likeness (QED) is 0.163. The van der Waals surface area contributed by atoms with Crippen LogP contribution in [-0.4, -0.2) is 15.0 Å². The normalized spacial score (nSPS) is 22.0. The topological polar surface area (TPSA) is 62.5 Å². The first kappa shape index (κ1) is 35.2. The fraction of sp³-hybridized carbons (Fsp3) is 0.245. The summed E-state index contributed by atoms with van der Waals surface area (Å²) in [5.41, 5.74) is 15.9. The van der Waals surface area contributed by atoms with Gasteiger partial charge in [-0.05, 0) is 144 Å². The Kier molecular flexibility index (Phi) is 8.52. The molecule has 11 rings (SSSR count). The van der Waals surface area contributed by atoms with Crippen LogP contribution in [0.2, 0.25) is 0 Å². The van der Waals surface area contributed by atoms with Crippen molar-refractivity contribution in [1.82, 2.24) is 15.0 Å². The van der Waals surface area contributed by atoms with Crippen molar-refractivity contribution in [2.45, 2.75) is 70.1 Å². The molecule has 4 bridgehead atoms. The van der Waals surface area contributed by atoms with Crippen molar-refractivity contribution >= 4 is 0 Å². The van der Waals surface area contributed by atoms with Crippen LogP contribution in [0.25, 0.3) is 56.4 Å². The van der Waals surface area contributed by atoms with Gasteiger partial charge in [-0.1, -0.05) is 127 Å². The van der Waals surface area contributed by atoms with Gasteiger partial charge in [-0.3, -0.25) is 0 Å². The van der Waals surface area contributed by atoms with Crippen LogP contribution in [0.1, 0.15) is 71.9 Å². The molecule has 1 heterocycles. The van der Waals surface area contributed by atoms with Gasteiger partial charge < -0.3 is 0 Å². The summed E-state index contributed by atoms with van der Waals surface area (Å²) in [5.74, 6) is 3.58. The zero-order chi connectivity index (χ0) is 38.7. The third kappa shape index (κ3) is 6.18. The molecule has 2 unspecified atom stereocenters. The summed E-state index contributed by atoms with van der Waals surface area (Å²) in [4.78, 5) is 15.1. The van der Waals surface area contributed by atoms with Gasteiger partial charge in [-0.25, -0.2) is 15.0 Å². The van der Waals surface area contributed by atoms with E-state index in [-0.39, 0.29) is 10.8 Å². The summed E-state index contributed by atoms with van der Waals surface area (Å²) in [7, 11) is 0. The molecule has 0 radical (unpaired) electrons. The standard InChI is InChI=1S/C53H46N4/c1-34-25-43(21-23-45(34)40-19-17-37(32-54)18-20-40)52-28-38-27-39(29-52)31-53(30-38,33-52)44-22-24-46(35(2)26-44)47-15-10-16-48(36(47)3)51-56-49(41-11-6-4-7-12-41)55-50(57-51)42-13-8-5-9-14-42/h4-26,38-39H,27-31,33H2,1-3H3. The monoisotopic (exact) mass is 738 g/mol. The first-order chi connectivity index (χ1) is 27.8. The number of aryl methyl sites for hydroxylation is 2. The Hall–Kier alpha value is -6.18. The van der Waals surface area contributed by atoms with Crippen LogP contribution in [0.4, 0.5) is 0 Å².